The van der Waals surface area contributed by atoms with Crippen LogP contribution >= 0.6 is 0 Å². The Balaban J connectivity index is 0.000000395. The smallest absolute Gasteiger partial charge is 0.340 e. The van der Waals surface area contributed by atoms with E-state index in [1.165, 1.54) is 32.0 Å². The summed E-state index contributed by atoms with van der Waals surface area (Å²) >= 11 is 9.48. The molecule has 0 amide bonds. The molecule has 7 nitrogen and oxygen atoms in total. The van der Waals surface area contributed by atoms with Crippen LogP contribution in [0.1, 0.15) is 47.1 Å². The number of hydrogen-bond acceptors (Lipinski definition) is 9. The maximum atomic E-state index is 13.5. The minimum Gasteiger partial charge on any atom is -0.465 e. The molecular weight excluding hydrogens is 1080 g/mol. The van der Waals surface area contributed by atoms with E-state index in [2.05, 4.69) is 0 Å². The maximum absolute atomic E-state index is 13.5. The van der Waals surface area contributed by atoms with E-state index in [0.717, 1.165) is 16.7 Å². The fourth-order valence-corrected chi connectivity index (χ4v) is 40.6. The topological polar surface area (TPSA) is 81.6 Å². The van der Waals surface area contributed by atoms with Crippen LogP contribution in [-0.4, -0.2) is 36.1 Å². The lowest BCUT2D eigenvalue weighted by Crippen LogP contribution is -2.23. The second kappa shape index (κ2) is 28.3. The number of esters is 2. The van der Waals surface area contributed by atoms with E-state index in [-0.39, 0.29) is 22.2 Å². The van der Waals surface area contributed by atoms with Crippen molar-refractivity contribution in [2.24, 2.45) is 0 Å². The fourth-order valence-electron chi connectivity index (χ4n) is 4.97. The zero-order valence-corrected chi connectivity index (χ0v) is 45.7. The van der Waals surface area contributed by atoms with Crippen LogP contribution in [0.2, 0.25) is 0 Å². The zero-order valence-electron chi connectivity index (χ0n) is 31.8. The number of hydrogen-bond donors (Lipinski definition) is 0. The van der Waals surface area contributed by atoms with Gasteiger partial charge in [0.2, 0.25) is 0 Å². The van der Waals surface area contributed by atoms with Crippen molar-refractivity contribution in [2.45, 2.75) is 26.2 Å². The standard InChI is InChI=1S/C36H33N3O4.S17/c1-36(2,3)26-22-27(34(40)42-4)33(28(23-26)35(41)43-5)39(31-20-12-18-29(37-31)24-14-8-6-9-15-24)32-21-13-19-30(38-32)25-16-10-7-11-17-25;1-3-5-7-9-11-13-15-17-16-14-12-10-8-6-4-2/h6-23H,1-5H3;. The molecular formula is C36H33N3O4S17. The summed E-state index contributed by atoms with van der Waals surface area (Å²) in [6, 6.07) is 34.4. The summed E-state index contributed by atoms with van der Waals surface area (Å²) in [5.74, 6) is -0.292. The van der Waals surface area contributed by atoms with Gasteiger partial charge in [0.25, 0.3) is 0 Å². The number of pyridine rings is 2. The van der Waals surface area contributed by atoms with Crippen LogP contribution in [0.25, 0.3) is 22.5 Å². The Kier molecular flexibility index (Phi) is 24.1. The number of carbonyl (C=O) groups is 2. The van der Waals surface area contributed by atoms with Crippen molar-refractivity contribution in [2.75, 3.05) is 19.1 Å². The molecule has 5 rings (SSSR count). The predicted molar refractivity (Wildman–Crippen MR) is 294 cm³/mol. The van der Waals surface area contributed by atoms with Crippen LogP contribution in [0.3, 0.4) is 0 Å². The number of nitrogens with zero attached hydrogens (tertiary/aromatic N) is 3. The molecule has 0 radical (unpaired) electrons. The summed E-state index contributed by atoms with van der Waals surface area (Å²) in [7, 11) is 28.0. The molecule has 0 N–H and O–H groups in total. The normalized spacial score (nSPS) is 10.0. The third-order valence-corrected chi connectivity index (χ3v) is 38.6. The van der Waals surface area contributed by atoms with E-state index >= 15 is 0 Å². The molecule has 0 atom stereocenters. The van der Waals surface area contributed by atoms with E-state index in [1.807, 2.05) is 118 Å². The molecule has 24 heteroatoms. The highest BCUT2D eigenvalue weighted by atomic mass is 33.5. The maximum Gasteiger partial charge on any atom is 0.340 e. The Bertz CT molecular complexity index is 2850. The summed E-state index contributed by atoms with van der Waals surface area (Å²) in [5, 5.41) is 0. The first kappa shape index (κ1) is 51.1. The van der Waals surface area contributed by atoms with Gasteiger partial charge in [-0.25, -0.2) is 19.6 Å². The van der Waals surface area contributed by atoms with Crippen molar-refractivity contribution in [3.63, 3.8) is 0 Å². The predicted octanol–water partition coefficient (Wildman–Crippen LogP) is 8.11. The molecule has 0 saturated heterocycles. The molecule has 0 aliphatic rings. The Hall–Kier alpha value is -1.56. The average molecular weight is 1120 g/mol. The van der Waals surface area contributed by atoms with Crippen LogP contribution in [0, 0.1) is 0 Å². The molecule has 2 aromatic heterocycles. The number of methoxy groups -OCH3 is 2. The van der Waals surface area contributed by atoms with Crippen LogP contribution in [0.15, 0.2) is 109 Å². The van der Waals surface area contributed by atoms with Crippen molar-refractivity contribution < 1.29 is 19.1 Å². The minimum absolute atomic E-state index is 0.189. The molecule has 0 unspecified atom stereocenters. The van der Waals surface area contributed by atoms with Gasteiger partial charge >= 0.3 is 11.9 Å². The lowest BCUT2D eigenvalue weighted by Gasteiger charge is -2.29. The van der Waals surface area contributed by atoms with Gasteiger partial charge in [-0.15, -0.1) is 0 Å². The Morgan fingerprint density at radius 1 is 0.517 bits per heavy atom. The lowest BCUT2D eigenvalue weighted by atomic mass is 9.84. The first-order valence-electron chi connectivity index (χ1n) is 16.6. The van der Waals surface area contributed by atoms with E-state index in [4.69, 9.17) is 41.8 Å². The number of aromatic nitrogens is 2. The number of anilines is 3. The summed E-state index contributed by atoms with van der Waals surface area (Å²) < 4.78 is 10.5. The lowest BCUT2D eigenvalue weighted by molar-refractivity contribution is 0.0600. The Morgan fingerprint density at radius 2 is 0.867 bits per heavy atom. The molecule has 0 aliphatic carbocycles. The van der Waals surface area contributed by atoms with Crippen molar-refractivity contribution >= 4 is 185 Å². The second-order valence-corrected chi connectivity index (χ2v) is 38.5. The van der Waals surface area contributed by atoms with Crippen LogP contribution in [-0.2, 0) is 170 Å². The van der Waals surface area contributed by atoms with Crippen molar-refractivity contribution in [1.82, 2.24) is 9.97 Å². The quantitative estimate of drug-likeness (QED) is 0.150. The SMILES string of the molecule is COC(=O)c1cc(C(C)(C)C)cc(C(=O)OC)c1N(c1cccc(-c2ccccc2)n1)c1cccc(-c2ccccc2)n1.S=S=S=S=S=S=S=S=S=S=S=S=S=S=S=S=S. The van der Waals surface area contributed by atoms with Crippen LogP contribution in [0.5, 0.6) is 0 Å². The van der Waals surface area contributed by atoms with E-state index < -0.39 is 11.9 Å². The van der Waals surface area contributed by atoms with Crippen molar-refractivity contribution in [1.29, 1.82) is 0 Å². The van der Waals surface area contributed by atoms with Gasteiger partial charge in [0.15, 0.2) is 0 Å². The molecule has 5 aromatic rings. The van der Waals surface area contributed by atoms with Crippen LogP contribution in [0.4, 0.5) is 17.3 Å². The third kappa shape index (κ3) is 16.5. The minimum atomic E-state index is -0.602. The summed E-state index contributed by atoms with van der Waals surface area (Å²) in [4.78, 5) is 38.7. The fraction of sp³-hybridized carbons (Fsp3) is 0.167. The number of carbonyl (C=O) groups excluding carboxylic acids is 2. The molecule has 0 saturated carbocycles. The van der Waals surface area contributed by atoms with E-state index in [0.29, 0.717) is 23.0 Å². The van der Waals surface area contributed by atoms with Gasteiger partial charge in [-0.1, -0.05) is 93.6 Å². The first-order chi connectivity index (χ1) is 29.1. The number of ether oxygens (including phenoxy) is 2. The largest absolute Gasteiger partial charge is 0.465 e. The summed E-state index contributed by atoms with van der Waals surface area (Å²) in [5.41, 5.74) is 4.30. The Morgan fingerprint density at radius 3 is 1.18 bits per heavy atom. The van der Waals surface area contributed by atoms with Gasteiger partial charge in [0, 0.05) is 167 Å². The van der Waals surface area contributed by atoms with Gasteiger partial charge in [-0.2, -0.15) is 0 Å². The molecule has 60 heavy (non-hydrogen) atoms. The Labute approximate surface area is 402 Å². The van der Waals surface area contributed by atoms with E-state index in [9.17, 15) is 9.59 Å². The van der Waals surface area contributed by atoms with Crippen LogP contribution < -0.4 is 4.90 Å². The van der Waals surface area contributed by atoms with Gasteiger partial charge in [0.1, 0.15) is 11.6 Å². The zero-order chi connectivity index (χ0) is 43.2. The highest BCUT2D eigenvalue weighted by molar-refractivity contribution is 8.77. The monoisotopic (exact) mass is 1110 g/mol. The number of rotatable bonds is 7. The van der Waals surface area contributed by atoms with E-state index in [1.54, 1.807) is 132 Å². The van der Waals surface area contributed by atoms with Gasteiger partial charge in [-0.3, -0.25) is 4.90 Å². The molecule has 0 bridgehead atoms. The third-order valence-electron chi connectivity index (χ3n) is 7.47. The first-order valence-corrected chi connectivity index (χ1v) is 37.9. The van der Waals surface area contributed by atoms with Gasteiger partial charge < -0.3 is 9.47 Å². The van der Waals surface area contributed by atoms with Gasteiger partial charge in [-0.05, 0) is 47.4 Å². The highest BCUT2D eigenvalue weighted by Gasteiger charge is 2.31. The molecule has 0 aliphatic heterocycles. The number of benzene rings is 3. The molecule has 3 aromatic carbocycles. The molecule has 0 fully saturated rings. The summed E-state index contributed by atoms with van der Waals surface area (Å²) in [6.07, 6.45) is 0. The summed E-state index contributed by atoms with van der Waals surface area (Å²) in [6.45, 7) is 6.03. The highest BCUT2D eigenvalue weighted by Crippen LogP contribution is 2.41. The second-order valence-electron chi connectivity index (χ2n) is 12.0. The molecule has 2 heterocycles. The average Bonchev–Trinajstić information content (AvgIpc) is 3.28. The van der Waals surface area contributed by atoms with Crippen molar-refractivity contribution in [3.05, 3.63) is 126 Å². The van der Waals surface area contributed by atoms with Gasteiger partial charge in [0.05, 0.1) is 42.4 Å². The molecule has 318 valence electrons. The molecule has 0 spiro atoms. The van der Waals surface area contributed by atoms with Crippen molar-refractivity contribution in [3.8, 4) is 22.5 Å².